The van der Waals surface area contributed by atoms with Crippen LogP contribution in [0, 0.1) is 6.92 Å². The molecule has 1 unspecified atom stereocenters. The first kappa shape index (κ1) is 33.2. The second-order valence-corrected chi connectivity index (χ2v) is 14.4. The summed E-state index contributed by atoms with van der Waals surface area (Å²) in [5.74, 6) is -1.23. The third kappa shape index (κ3) is 8.47. The van der Waals surface area contributed by atoms with E-state index in [4.69, 9.17) is 10.5 Å². The number of hydrogen-bond acceptors (Lipinski definition) is 6. The van der Waals surface area contributed by atoms with Crippen LogP contribution in [0.1, 0.15) is 68.7 Å². The Kier molecular flexibility index (Phi) is 10.5. The third-order valence-electron chi connectivity index (χ3n) is 7.88. The Hall–Kier alpha value is -3.70. The molecule has 2 aromatic rings. The van der Waals surface area contributed by atoms with Crippen LogP contribution in [0.25, 0.3) is 5.57 Å². The largest absolute Gasteiger partial charge is 0.444 e. The smallest absolute Gasteiger partial charge is 0.410 e. The molecule has 2 aliphatic heterocycles. The first-order chi connectivity index (χ1) is 20.7. The standard InChI is InChI=1S/C20H27NO2.C13H17N3O4S/c1-20(2,3)23-19(22)21-12-10-16(11-13-21)18-9-8-15-6-4-5-7-17(15)14-18;1-9-2-4-10(5-3-9)21(19,20)16-7-6-15-13(18)11(16)8-12(14)17/h8-10,14H,4-7,11-13H2,1-3H3;2-5,11H,6-8H2,1H3,(H2,14,17)(H,15,18). The van der Waals surface area contributed by atoms with Gasteiger partial charge in [-0.15, -0.1) is 0 Å². The third-order valence-corrected chi connectivity index (χ3v) is 9.81. The normalized spacial score (nSPS) is 19.1. The molecule has 44 heavy (non-hydrogen) atoms. The van der Waals surface area contributed by atoms with E-state index in [-0.39, 0.29) is 30.5 Å². The molecule has 0 aromatic heterocycles. The van der Waals surface area contributed by atoms with Gasteiger partial charge >= 0.3 is 6.09 Å². The lowest BCUT2D eigenvalue weighted by molar-refractivity contribution is -0.130. The number of benzene rings is 2. The lowest BCUT2D eigenvalue weighted by Gasteiger charge is -2.33. The zero-order valence-corrected chi connectivity index (χ0v) is 26.9. The molecule has 1 aliphatic carbocycles. The van der Waals surface area contributed by atoms with Crippen LogP contribution >= 0.6 is 0 Å². The fourth-order valence-corrected chi connectivity index (χ4v) is 7.16. The average Bonchev–Trinajstić information content (AvgIpc) is 2.97. The first-order valence-electron chi connectivity index (χ1n) is 15.2. The van der Waals surface area contributed by atoms with Crippen LogP contribution in [-0.4, -0.2) is 73.4 Å². The number of carbonyl (C=O) groups excluding carboxylic acids is 3. The zero-order valence-electron chi connectivity index (χ0n) is 26.1. The van der Waals surface area contributed by atoms with E-state index in [1.54, 1.807) is 17.0 Å². The molecule has 1 saturated heterocycles. The molecule has 10 nitrogen and oxygen atoms in total. The summed E-state index contributed by atoms with van der Waals surface area (Å²) in [6.07, 6.45) is 7.59. The molecule has 1 fully saturated rings. The molecule has 238 valence electrons. The van der Waals surface area contributed by atoms with Gasteiger partial charge in [0.25, 0.3) is 0 Å². The predicted octanol–water partition coefficient (Wildman–Crippen LogP) is 3.95. The van der Waals surface area contributed by atoms with Crippen LogP contribution in [0.2, 0.25) is 0 Å². The predicted molar refractivity (Wildman–Crippen MR) is 169 cm³/mol. The summed E-state index contributed by atoms with van der Waals surface area (Å²) in [7, 11) is -3.84. The number of nitrogens with one attached hydrogen (secondary N) is 1. The topological polar surface area (TPSA) is 139 Å². The summed E-state index contributed by atoms with van der Waals surface area (Å²) in [6, 6.07) is 12.1. The average molecular weight is 625 g/mol. The highest BCUT2D eigenvalue weighted by molar-refractivity contribution is 7.89. The number of nitrogens with two attached hydrogens (primary N) is 1. The summed E-state index contributed by atoms with van der Waals surface area (Å²) in [5, 5.41) is 2.55. The molecule has 2 aromatic carbocycles. The van der Waals surface area contributed by atoms with Crippen molar-refractivity contribution in [3.05, 3.63) is 70.8 Å². The Labute approximate surface area is 260 Å². The minimum absolute atomic E-state index is 0.0947. The quantitative estimate of drug-likeness (QED) is 0.517. The van der Waals surface area contributed by atoms with E-state index < -0.39 is 33.5 Å². The molecule has 0 radical (unpaired) electrons. The lowest BCUT2D eigenvalue weighted by atomic mass is 9.88. The van der Waals surface area contributed by atoms with Crippen LogP contribution in [0.5, 0.6) is 0 Å². The van der Waals surface area contributed by atoms with Crippen LogP contribution < -0.4 is 11.1 Å². The summed E-state index contributed by atoms with van der Waals surface area (Å²) in [5.41, 5.74) is 11.3. The Balaban J connectivity index is 0.000000202. The molecule has 2 heterocycles. The summed E-state index contributed by atoms with van der Waals surface area (Å²) < 4.78 is 31.8. The van der Waals surface area contributed by atoms with Crippen molar-refractivity contribution in [2.45, 2.75) is 82.8 Å². The first-order valence-corrected chi connectivity index (χ1v) is 16.6. The number of rotatable bonds is 5. The highest BCUT2D eigenvalue weighted by Gasteiger charge is 2.39. The van der Waals surface area contributed by atoms with Crippen LogP contribution in [0.4, 0.5) is 4.79 Å². The molecule has 3 N–H and O–H groups in total. The number of fused-ring (bicyclic) bond motifs is 1. The zero-order chi connectivity index (χ0) is 32.1. The number of hydrogen-bond donors (Lipinski definition) is 2. The van der Waals surface area contributed by atoms with Gasteiger partial charge in [-0.3, -0.25) is 9.59 Å². The van der Waals surface area contributed by atoms with E-state index in [0.29, 0.717) is 6.54 Å². The van der Waals surface area contributed by atoms with Crippen LogP contribution in [0.3, 0.4) is 0 Å². The van der Waals surface area contributed by atoms with Gasteiger partial charge in [-0.1, -0.05) is 42.0 Å². The second-order valence-electron chi connectivity index (χ2n) is 12.5. The number of primary amides is 1. The van der Waals surface area contributed by atoms with Crippen molar-refractivity contribution in [2.75, 3.05) is 26.2 Å². The van der Waals surface area contributed by atoms with Crippen molar-refractivity contribution in [1.82, 2.24) is 14.5 Å². The number of piperazine rings is 1. The Morgan fingerprint density at radius 2 is 1.68 bits per heavy atom. The maximum atomic E-state index is 12.6. The van der Waals surface area contributed by atoms with Crippen molar-refractivity contribution >= 4 is 33.5 Å². The maximum Gasteiger partial charge on any atom is 0.410 e. The van der Waals surface area contributed by atoms with Gasteiger partial charge in [0.15, 0.2) is 0 Å². The van der Waals surface area contributed by atoms with Gasteiger partial charge < -0.3 is 20.7 Å². The minimum atomic E-state index is -3.84. The number of sulfonamides is 1. The van der Waals surface area contributed by atoms with Gasteiger partial charge in [-0.25, -0.2) is 13.2 Å². The van der Waals surface area contributed by atoms with Gasteiger partial charge in [-0.2, -0.15) is 4.31 Å². The number of amides is 3. The fraction of sp³-hybridized carbons (Fsp3) is 0.485. The summed E-state index contributed by atoms with van der Waals surface area (Å²) in [6.45, 7) is 9.26. The monoisotopic (exact) mass is 624 g/mol. The van der Waals surface area contributed by atoms with Gasteiger partial charge in [0.05, 0.1) is 11.3 Å². The van der Waals surface area contributed by atoms with Gasteiger partial charge in [-0.05, 0) is 94.2 Å². The minimum Gasteiger partial charge on any atom is -0.444 e. The van der Waals surface area contributed by atoms with E-state index in [0.717, 1.165) is 22.8 Å². The molecule has 0 spiro atoms. The van der Waals surface area contributed by atoms with Crippen molar-refractivity contribution in [1.29, 1.82) is 0 Å². The fourth-order valence-electron chi connectivity index (χ4n) is 5.57. The van der Waals surface area contributed by atoms with E-state index >= 15 is 0 Å². The molecule has 0 saturated carbocycles. The molecular weight excluding hydrogens is 580 g/mol. The maximum absolute atomic E-state index is 12.6. The van der Waals surface area contributed by atoms with Crippen molar-refractivity contribution in [2.24, 2.45) is 5.73 Å². The molecular formula is C33H44N4O6S. The van der Waals surface area contributed by atoms with Gasteiger partial charge in [0, 0.05) is 26.2 Å². The van der Waals surface area contributed by atoms with Crippen molar-refractivity contribution in [3.8, 4) is 0 Å². The van der Waals surface area contributed by atoms with Gasteiger partial charge in [0.2, 0.25) is 21.8 Å². The summed E-state index contributed by atoms with van der Waals surface area (Å²) >= 11 is 0. The summed E-state index contributed by atoms with van der Waals surface area (Å²) in [4.78, 5) is 36.9. The molecule has 3 aliphatic rings. The van der Waals surface area contributed by atoms with E-state index in [1.807, 2.05) is 27.7 Å². The highest BCUT2D eigenvalue weighted by Crippen LogP contribution is 2.29. The molecule has 3 amide bonds. The molecule has 5 rings (SSSR count). The van der Waals surface area contributed by atoms with Crippen LogP contribution in [-0.2, 0) is 37.2 Å². The molecule has 0 bridgehead atoms. The number of carbonyl (C=O) groups is 3. The van der Waals surface area contributed by atoms with Crippen molar-refractivity contribution in [3.63, 3.8) is 0 Å². The Bertz CT molecular complexity index is 1510. The van der Waals surface area contributed by atoms with Crippen LogP contribution in [0.15, 0.2) is 53.4 Å². The van der Waals surface area contributed by atoms with Crippen molar-refractivity contribution < 1.29 is 27.5 Å². The van der Waals surface area contributed by atoms with E-state index in [9.17, 15) is 22.8 Å². The highest BCUT2D eigenvalue weighted by atomic mass is 32.2. The number of ether oxygens (including phenoxy) is 1. The Morgan fingerprint density at radius 3 is 2.30 bits per heavy atom. The lowest BCUT2D eigenvalue weighted by Crippen LogP contribution is -2.58. The SMILES string of the molecule is CC(C)(C)OC(=O)N1CC=C(c2ccc3c(c2)CCCC3)CC1.Cc1ccc(S(=O)(=O)N2CCNC(=O)C2CC(N)=O)cc1. The van der Waals surface area contributed by atoms with Gasteiger partial charge in [0.1, 0.15) is 11.6 Å². The van der Waals surface area contributed by atoms with E-state index in [2.05, 4.69) is 29.6 Å². The number of aryl methyl sites for hydroxylation is 3. The Morgan fingerprint density at radius 1 is 1.00 bits per heavy atom. The second kappa shape index (κ2) is 13.9. The number of nitrogens with zero attached hydrogens (tertiary/aromatic N) is 2. The molecule has 1 atom stereocenters. The van der Waals surface area contributed by atoms with E-state index in [1.165, 1.54) is 60.1 Å². The molecule has 11 heteroatoms.